The number of fused-ring (bicyclic) bond motifs is 3. The Kier molecular flexibility index (Phi) is 3.18. The van der Waals surface area contributed by atoms with Gasteiger partial charge in [-0.3, -0.25) is 0 Å². The maximum atomic E-state index is 11.1. The van der Waals surface area contributed by atoms with Gasteiger partial charge in [0, 0.05) is 11.8 Å². The number of rotatable bonds is 5. The minimum atomic E-state index is 0.0440. The van der Waals surface area contributed by atoms with Crippen LogP contribution in [0, 0.1) is 10.8 Å². The first-order chi connectivity index (χ1) is 7.60. The van der Waals surface area contributed by atoms with E-state index in [0.717, 1.165) is 32.1 Å². The normalized spacial score (nSPS) is 37.3. The smallest absolute Gasteiger partial charge is 0.129 e. The van der Waals surface area contributed by atoms with Gasteiger partial charge in [0.05, 0.1) is 0 Å². The van der Waals surface area contributed by atoms with Gasteiger partial charge in [-0.1, -0.05) is 0 Å². The summed E-state index contributed by atoms with van der Waals surface area (Å²) in [7, 11) is 0. The average Bonchev–Trinajstić information content (AvgIpc) is 2.31. The summed E-state index contributed by atoms with van der Waals surface area (Å²) in [6, 6.07) is 0. The first-order valence-corrected chi connectivity index (χ1v) is 6.56. The molecule has 0 N–H and O–H groups in total. The fraction of sp³-hybridized carbons (Fsp3) is 0.857. The Morgan fingerprint density at radius 3 is 2.12 bits per heavy atom. The molecule has 90 valence electrons. The van der Waals surface area contributed by atoms with Gasteiger partial charge in [0.15, 0.2) is 0 Å². The second-order valence-electron chi connectivity index (χ2n) is 6.04. The number of ketones is 1. The van der Waals surface area contributed by atoms with Crippen molar-refractivity contribution in [3.8, 4) is 0 Å². The van der Waals surface area contributed by atoms with Gasteiger partial charge >= 0.3 is 0 Å². The van der Waals surface area contributed by atoms with Crippen LogP contribution >= 0.6 is 0 Å². The molecule has 0 heterocycles. The third-order valence-corrected chi connectivity index (χ3v) is 4.95. The van der Waals surface area contributed by atoms with Gasteiger partial charge in [-0.2, -0.15) is 0 Å². The summed E-state index contributed by atoms with van der Waals surface area (Å²) in [5.74, 6) is 0.310. The van der Waals surface area contributed by atoms with E-state index in [9.17, 15) is 9.59 Å². The number of hydrogen-bond donors (Lipinski definition) is 0. The first-order valence-electron chi connectivity index (χ1n) is 6.56. The number of carbonyl (C=O) groups excluding carboxylic acids is 2. The maximum absolute atomic E-state index is 11.1. The van der Waals surface area contributed by atoms with E-state index >= 15 is 0 Å². The lowest BCUT2D eigenvalue weighted by Gasteiger charge is -2.51. The van der Waals surface area contributed by atoms with Gasteiger partial charge in [-0.15, -0.1) is 0 Å². The molecule has 0 amide bonds. The molecule has 0 saturated heterocycles. The van der Waals surface area contributed by atoms with Gasteiger partial charge < -0.3 is 9.59 Å². The Labute approximate surface area is 97.8 Å². The zero-order valence-corrected chi connectivity index (χ0v) is 10.3. The maximum Gasteiger partial charge on any atom is 0.129 e. The molecule has 3 saturated carbocycles. The molecule has 2 heteroatoms. The molecule has 2 bridgehead atoms. The fourth-order valence-electron chi connectivity index (χ4n) is 3.56. The number of Topliss-reactive ketones (excluding diaryl/α,β-unsaturated/α-hetero) is 1. The highest BCUT2D eigenvalue weighted by atomic mass is 16.1. The van der Waals surface area contributed by atoms with E-state index in [1.165, 1.54) is 32.0 Å². The van der Waals surface area contributed by atoms with Crippen LogP contribution < -0.4 is 0 Å². The van der Waals surface area contributed by atoms with Crippen molar-refractivity contribution in [1.82, 2.24) is 0 Å². The molecule has 2 nitrogen and oxygen atoms in total. The lowest BCUT2D eigenvalue weighted by Crippen LogP contribution is -2.42. The minimum Gasteiger partial charge on any atom is -0.303 e. The average molecular weight is 222 g/mol. The highest BCUT2D eigenvalue weighted by Gasteiger charge is 2.47. The molecule has 0 unspecified atom stereocenters. The minimum absolute atomic E-state index is 0.0440. The standard InChI is InChI=1S/C14H22O2/c1-12(16)3-2-4-13-5-8-14(11-15,9-6-13)10-7-13/h11H,2-10H2,1H3. The molecule has 0 atom stereocenters. The van der Waals surface area contributed by atoms with E-state index in [1.807, 2.05) is 0 Å². The molecule has 0 aromatic carbocycles. The fourth-order valence-corrected chi connectivity index (χ4v) is 3.56. The van der Waals surface area contributed by atoms with Crippen LogP contribution in [0.3, 0.4) is 0 Å². The summed E-state index contributed by atoms with van der Waals surface area (Å²) in [4.78, 5) is 22.0. The van der Waals surface area contributed by atoms with Gasteiger partial charge in [0.1, 0.15) is 12.1 Å². The van der Waals surface area contributed by atoms with E-state index in [4.69, 9.17) is 0 Å². The number of hydrogen-bond acceptors (Lipinski definition) is 2. The molecular weight excluding hydrogens is 200 g/mol. The van der Waals surface area contributed by atoms with Crippen LogP contribution in [0.25, 0.3) is 0 Å². The first kappa shape index (κ1) is 11.8. The summed E-state index contributed by atoms with van der Waals surface area (Å²) in [6.07, 6.45) is 11.1. The van der Waals surface area contributed by atoms with Crippen LogP contribution in [0.15, 0.2) is 0 Å². The van der Waals surface area contributed by atoms with Crippen LogP contribution in [-0.2, 0) is 9.59 Å². The second-order valence-corrected chi connectivity index (χ2v) is 6.04. The van der Waals surface area contributed by atoms with E-state index < -0.39 is 0 Å². The van der Waals surface area contributed by atoms with Gasteiger partial charge in [0.2, 0.25) is 0 Å². The number of aldehydes is 1. The predicted molar refractivity (Wildman–Crippen MR) is 63.2 cm³/mol. The molecule has 0 aliphatic heterocycles. The topological polar surface area (TPSA) is 34.1 Å². The molecule has 0 radical (unpaired) electrons. The molecule has 3 fully saturated rings. The summed E-state index contributed by atoms with van der Waals surface area (Å²) >= 11 is 0. The molecule has 0 aromatic heterocycles. The summed E-state index contributed by atoms with van der Waals surface area (Å²) in [5.41, 5.74) is 0.530. The van der Waals surface area contributed by atoms with E-state index in [0.29, 0.717) is 11.2 Å². The molecular formula is C14H22O2. The van der Waals surface area contributed by atoms with E-state index in [2.05, 4.69) is 0 Å². The van der Waals surface area contributed by atoms with Crippen molar-refractivity contribution in [3.63, 3.8) is 0 Å². The summed E-state index contributed by atoms with van der Waals surface area (Å²) in [6.45, 7) is 1.68. The highest BCUT2D eigenvalue weighted by Crippen LogP contribution is 2.57. The highest BCUT2D eigenvalue weighted by molar-refractivity contribution is 5.75. The largest absolute Gasteiger partial charge is 0.303 e. The van der Waals surface area contributed by atoms with Crippen molar-refractivity contribution in [1.29, 1.82) is 0 Å². The summed E-state index contributed by atoms with van der Waals surface area (Å²) in [5, 5.41) is 0. The monoisotopic (exact) mass is 222 g/mol. The third kappa shape index (κ3) is 2.21. The van der Waals surface area contributed by atoms with Crippen molar-refractivity contribution >= 4 is 12.1 Å². The zero-order valence-electron chi connectivity index (χ0n) is 10.3. The lowest BCUT2D eigenvalue weighted by atomic mass is 9.53. The van der Waals surface area contributed by atoms with Crippen LogP contribution in [0.4, 0.5) is 0 Å². The quantitative estimate of drug-likeness (QED) is 0.669. The van der Waals surface area contributed by atoms with E-state index in [1.54, 1.807) is 6.92 Å². The van der Waals surface area contributed by atoms with Gasteiger partial charge in [-0.05, 0) is 63.7 Å². The van der Waals surface area contributed by atoms with Crippen LogP contribution in [-0.4, -0.2) is 12.1 Å². The lowest BCUT2D eigenvalue weighted by molar-refractivity contribution is -0.125. The van der Waals surface area contributed by atoms with Crippen molar-refractivity contribution in [2.24, 2.45) is 10.8 Å². The van der Waals surface area contributed by atoms with Crippen molar-refractivity contribution in [2.45, 2.75) is 64.7 Å². The van der Waals surface area contributed by atoms with Crippen LogP contribution in [0.1, 0.15) is 64.7 Å². The Hall–Kier alpha value is -0.660. The van der Waals surface area contributed by atoms with Crippen molar-refractivity contribution in [2.75, 3.05) is 0 Å². The molecule has 16 heavy (non-hydrogen) atoms. The molecule has 3 aliphatic carbocycles. The van der Waals surface area contributed by atoms with Gasteiger partial charge in [-0.25, -0.2) is 0 Å². The Balaban J connectivity index is 1.87. The van der Waals surface area contributed by atoms with E-state index in [-0.39, 0.29) is 5.41 Å². The number of carbonyl (C=O) groups is 2. The zero-order chi connectivity index (χ0) is 11.6. The molecule has 0 aromatic rings. The Morgan fingerprint density at radius 2 is 1.69 bits per heavy atom. The summed E-state index contributed by atoms with van der Waals surface area (Å²) < 4.78 is 0. The van der Waals surface area contributed by atoms with Crippen LogP contribution in [0.5, 0.6) is 0 Å². The molecule has 0 spiro atoms. The molecule has 3 aliphatic rings. The predicted octanol–water partition coefficient (Wildman–Crippen LogP) is 3.29. The Bertz CT molecular complexity index is 269. The SMILES string of the molecule is CC(=O)CCCC12CCC(C=O)(CC1)CC2. The van der Waals surface area contributed by atoms with Crippen LogP contribution in [0.2, 0.25) is 0 Å². The molecule has 3 rings (SSSR count). The second kappa shape index (κ2) is 4.31. The third-order valence-electron chi connectivity index (χ3n) is 4.95. The van der Waals surface area contributed by atoms with Crippen molar-refractivity contribution < 1.29 is 9.59 Å². The van der Waals surface area contributed by atoms with Gasteiger partial charge in [0.25, 0.3) is 0 Å². The Morgan fingerprint density at radius 1 is 1.12 bits per heavy atom. The van der Waals surface area contributed by atoms with Crippen molar-refractivity contribution in [3.05, 3.63) is 0 Å².